The fourth-order valence-electron chi connectivity index (χ4n) is 0.858. The van der Waals surface area contributed by atoms with Crippen LogP contribution in [0.5, 0.6) is 0 Å². The van der Waals surface area contributed by atoms with Crippen molar-refractivity contribution in [1.29, 1.82) is 0 Å². The summed E-state index contributed by atoms with van der Waals surface area (Å²) in [6.07, 6.45) is 1.34. The van der Waals surface area contributed by atoms with E-state index in [1.807, 2.05) is 0 Å². The number of rotatable bonds is 1. The topological polar surface area (TPSA) is 0 Å². The molecular weight excluding hydrogens is 344 g/mol. The van der Waals surface area contributed by atoms with Crippen LogP contribution in [0.15, 0.2) is 4.49 Å². The van der Waals surface area contributed by atoms with Crippen molar-refractivity contribution in [2.45, 2.75) is 0 Å². The first-order chi connectivity index (χ1) is 6.86. The van der Waals surface area contributed by atoms with Crippen molar-refractivity contribution in [3.8, 4) is 0 Å². The van der Waals surface area contributed by atoms with E-state index in [0.29, 0.717) is 5.56 Å². The molecule has 0 aliphatic heterocycles. The zero-order chi connectivity index (χ0) is 11.7. The molecule has 15 heavy (non-hydrogen) atoms. The van der Waals surface area contributed by atoms with Gasteiger partial charge in [0.1, 0.15) is 4.49 Å². The molecule has 1 aromatic rings. The maximum atomic E-state index is 5.90. The summed E-state index contributed by atoms with van der Waals surface area (Å²) in [6, 6.07) is 0. The molecule has 0 radical (unpaired) electrons. The molecule has 1 rings (SSSR count). The van der Waals surface area contributed by atoms with Crippen molar-refractivity contribution in [1.82, 2.24) is 0 Å². The van der Waals surface area contributed by atoms with Gasteiger partial charge in [-0.25, -0.2) is 0 Å². The van der Waals surface area contributed by atoms with Crippen LogP contribution in [0.25, 0.3) is 6.08 Å². The molecule has 0 fully saturated rings. The Labute approximate surface area is 122 Å². The van der Waals surface area contributed by atoms with Crippen molar-refractivity contribution in [2.75, 3.05) is 0 Å². The zero-order valence-corrected chi connectivity index (χ0v) is 12.0. The maximum absolute atomic E-state index is 5.90. The lowest BCUT2D eigenvalue weighted by molar-refractivity contribution is 1.65. The van der Waals surface area contributed by atoms with E-state index in [-0.39, 0.29) is 29.6 Å². The van der Waals surface area contributed by atoms with Gasteiger partial charge in [-0.15, -0.1) is 0 Å². The average molecular weight is 345 g/mol. The SMILES string of the molecule is ClC(Cl)=Cc1c(Cl)c(Cl)c(Cl)c(Cl)c1Cl. The maximum Gasteiger partial charge on any atom is 0.107 e. The highest BCUT2D eigenvalue weighted by atomic mass is 35.5. The average Bonchev–Trinajstić information content (AvgIpc) is 2.18. The van der Waals surface area contributed by atoms with E-state index in [9.17, 15) is 0 Å². The van der Waals surface area contributed by atoms with Crippen molar-refractivity contribution in [3.63, 3.8) is 0 Å². The van der Waals surface area contributed by atoms with Gasteiger partial charge in [-0.2, -0.15) is 0 Å². The summed E-state index contributed by atoms with van der Waals surface area (Å²) in [5.74, 6) is 0. The monoisotopic (exact) mass is 342 g/mol. The van der Waals surface area contributed by atoms with Gasteiger partial charge in [0.05, 0.1) is 25.1 Å². The molecule has 0 atom stereocenters. The molecule has 0 unspecified atom stereocenters. The van der Waals surface area contributed by atoms with Gasteiger partial charge in [0.2, 0.25) is 0 Å². The lowest BCUT2D eigenvalue weighted by atomic mass is 10.2. The van der Waals surface area contributed by atoms with Gasteiger partial charge in [-0.3, -0.25) is 0 Å². The van der Waals surface area contributed by atoms with Gasteiger partial charge >= 0.3 is 0 Å². The molecule has 0 saturated heterocycles. The van der Waals surface area contributed by atoms with E-state index in [4.69, 9.17) is 81.2 Å². The molecule has 0 aliphatic carbocycles. The second kappa shape index (κ2) is 5.55. The van der Waals surface area contributed by atoms with Crippen LogP contribution in [0.1, 0.15) is 5.56 Å². The van der Waals surface area contributed by atoms with Gasteiger partial charge in [-0.05, 0) is 6.08 Å². The van der Waals surface area contributed by atoms with Crippen LogP contribution in [0.3, 0.4) is 0 Å². The Morgan fingerprint density at radius 2 is 1.00 bits per heavy atom. The lowest BCUT2D eigenvalue weighted by Gasteiger charge is -2.09. The summed E-state index contributed by atoms with van der Waals surface area (Å²) >= 11 is 40.2. The van der Waals surface area contributed by atoms with E-state index in [0.717, 1.165) is 0 Å². The first kappa shape index (κ1) is 14.1. The van der Waals surface area contributed by atoms with Gasteiger partial charge in [0.15, 0.2) is 0 Å². The van der Waals surface area contributed by atoms with Crippen LogP contribution in [0, 0.1) is 0 Å². The minimum absolute atomic E-state index is 0.0201. The fraction of sp³-hybridized carbons (Fsp3) is 0. The van der Waals surface area contributed by atoms with Crippen LogP contribution in [-0.2, 0) is 0 Å². The molecule has 0 heterocycles. The van der Waals surface area contributed by atoms with Gasteiger partial charge in [-0.1, -0.05) is 81.2 Å². The summed E-state index contributed by atoms with van der Waals surface area (Å²) in [6.45, 7) is 0. The summed E-state index contributed by atoms with van der Waals surface area (Å²) in [5.41, 5.74) is 0.331. The third-order valence-electron chi connectivity index (χ3n) is 1.50. The quantitative estimate of drug-likeness (QED) is 0.391. The zero-order valence-electron chi connectivity index (χ0n) is 6.72. The molecule has 82 valence electrons. The van der Waals surface area contributed by atoms with E-state index >= 15 is 0 Å². The summed E-state index contributed by atoms with van der Waals surface area (Å²) in [4.78, 5) is 0. The Hall–Kier alpha value is 0.990. The van der Waals surface area contributed by atoms with Crippen LogP contribution in [0.4, 0.5) is 0 Å². The first-order valence-electron chi connectivity index (χ1n) is 3.40. The Balaban J connectivity index is 3.60. The fourth-order valence-corrected chi connectivity index (χ4v) is 2.34. The third kappa shape index (κ3) is 3.01. The third-order valence-corrected chi connectivity index (χ3v) is 4.02. The van der Waals surface area contributed by atoms with Crippen LogP contribution < -0.4 is 0 Å². The molecule has 0 bridgehead atoms. The predicted octanol–water partition coefficient (Wildman–Crippen LogP) is 6.73. The number of hydrogen-bond donors (Lipinski definition) is 0. The smallest absolute Gasteiger partial charge is 0.0819 e. The van der Waals surface area contributed by atoms with E-state index in [2.05, 4.69) is 0 Å². The minimum atomic E-state index is -0.0201. The molecular formula is C8HCl7. The molecule has 0 saturated carbocycles. The molecule has 7 heteroatoms. The standard InChI is InChI=1S/C8HCl7/c9-3(10)1-2-4(11)6(13)8(15)7(14)5(2)12/h1H. The number of halogens is 7. The molecule has 0 amide bonds. The summed E-state index contributed by atoms with van der Waals surface area (Å²) in [5, 5.41) is 0.600. The highest BCUT2D eigenvalue weighted by Gasteiger charge is 2.17. The van der Waals surface area contributed by atoms with Crippen LogP contribution in [0.2, 0.25) is 25.1 Å². The second-order valence-electron chi connectivity index (χ2n) is 2.42. The summed E-state index contributed by atoms with van der Waals surface area (Å²) in [7, 11) is 0. The van der Waals surface area contributed by atoms with Gasteiger partial charge < -0.3 is 0 Å². The van der Waals surface area contributed by atoms with Gasteiger partial charge in [0.25, 0.3) is 0 Å². The van der Waals surface area contributed by atoms with Crippen molar-refractivity contribution in [2.24, 2.45) is 0 Å². The molecule has 0 aliphatic rings. The highest BCUT2D eigenvalue weighted by molar-refractivity contribution is 6.59. The Bertz CT molecular complexity index is 402. The highest BCUT2D eigenvalue weighted by Crippen LogP contribution is 2.44. The predicted molar refractivity (Wildman–Crippen MR) is 71.2 cm³/mol. The Morgan fingerprint density at radius 3 is 1.33 bits per heavy atom. The lowest BCUT2D eigenvalue weighted by Crippen LogP contribution is -1.84. The van der Waals surface area contributed by atoms with Crippen molar-refractivity contribution in [3.05, 3.63) is 35.2 Å². The van der Waals surface area contributed by atoms with Crippen LogP contribution >= 0.6 is 81.2 Å². The molecule has 0 aromatic heterocycles. The Morgan fingerprint density at radius 1 is 0.667 bits per heavy atom. The van der Waals surface area contributed by atoms with Gasteiger partial charge in [0, 0.05) is 5.56 Å². The summed E-state index contributed by atoms with van der Waals surface area (Å²) < 4.78 is -0.0201. The second-order valence-corrected chi connectivity index (χ2v) is 5.32. The van der Waals surface area contributed by atoms with E-state index in [1.54, 1.807) is 0 Å². The Kier molecular flexibility index (Phi) is 5.20. The number of hydrogen-bond acceptors (Lipinski definition) is 0. The number of benzene rings is 1. The largest absolute Gasteiger partial charge is 0.107 e. The van der Waals surface area contributed by atoms with Crippen LogP contribution in [-0.4, -0.2) is 0 Å². The van der Waals surface area contributed by atoms with Crippen molar-refractivity contribution < 1.29 is 0 Å². The van der Waals surface area contributed by atoms with E-state index in [1.165, 1.54) is 6.08 Å². The molecule has 1 aromatic carbocycles. The normalized spacial score (nSPS) is 10.3. The van der Waals surface area contributed by atoms with Crippen molar-refractivity contribution >= 4 is 87.3 Å². The van der Waals surface area contributed by atoms with E-state index < -0.39 is 0 Å². The molecule has 0 N–H and O–H groups in total. The first-order valence-corrected chi connectivity index (χ1v) is 6.05. The molecule has 0 spiro atoms. The minimum Gasteiger partial charge on any atom is -0.0819 e. The molecule has 0 nitrogen and oxygen atoms in total.